The molecule has 0 aliphatic heterocycles. The molecule has 2 heterocycles. The van der Waals surface area contributed by atoms with Gasteiger partial charge in [0.15, 0.2) is 0 Å². The Bertz CT molecular complexity index is 859. The van der Waals surface area contributed by atoms with Crippen LogP contribution in [0.1, 0.15) is 24.3 Å². The first-order chi connectivity index (χ1) is 12.7. The summed E-state index contributed by atoms with van der Waals surface area (Å²) < 4.78 is 10.6. The standard InChI is InChI=1S/C19H19N3O4/c1-2-25-19(24)21-12-17(23)22-18(14-7-5-9-20-11-14)16-10-13-6-3-4-8-15(13)26-16/h3-11,18H,2,12H2,1H3,(H,21,24)(H,22,23). The van der Waals surface area contributed by atoms with E-state index >= 15 is 0 Å². The molecule has 0 bridgehead atoms. The summed E-state index contributed by atoms with van der Waals surface area (Å²) >= 11 is 0. The Kier molecular flexibility index (Phi) is 5.48. The summed E-state index contributed by atoms with van der Waals surface area (Å²) in [6.45, 7) is 1.74. The fraction of sp³-hybridized carbons (Fsp3) is 0.211. The number of nitrogens with one attached hydrogen (secondary N) is 2. The Morgan fingerprint density at radius 3 is 2.81 bits per heavy atom. The summed E-state index contributed by atoms with van der Waals surface area (Å²) in [4.78, 5) is 27.7. The summed E-state index contributed by atoms with van der Waals surface area (Å²) in [5, 5.41) is 6.20. The van der Waals surface area contributed by atoms with E-state index in [0.717, 1.165) is 16.5 Å². The van der Waals surface area contributed by atoms with Gasteiger partial charge in [-0.2, -0.15) is 0 Å². The highest BCUT2D eigenvalue weighted by atomic mass is 16.5. The van der Waals surface area contributed by atoms with Crippen LogP contribution in [0, 0.1) is 0 Å². The fourth-order valence-electron chi connectivity index (χ4n) is 2.56. The van der Waals surface area contributed by atoms with Gasteiger partial charge in [-0.3, -0.25) is 9.78 Å². The lowest BCUT2D eigenvalue weighted by molar-refractivity contribution is -0.120. The first kappa shape index (κ1) is 17.5. The van der Waals surface area contributed by atoms with Crippen molar-refractivity contribution in [1.82, 2.24) is 15.6 Å². The second kappa shape index (κ2) is 8.15. The maximum atomic E-state index is 12.3. The number of carbonyl (C=O) groups is 2. The number of fused-ring (bicyclic) bond motifs is 1. The molecule has 3 aromatic rings. The van der Waals surface area contributed by atoms with Gasteiger partial charge in [-0.15, -0.1) is 0 Å². The third-order valence-electron chi connectivity index (χ3n) is 3.72. The van der Waals surface area contributed by atoms with Crippen LogP contribution in [0.15, 0.2) is 59.3 Å². The van der Waals surface area contributed by atoms with Crippen LogP contribution < -0.4 is 10.6 Å². The Hall–Kier alpha value is -3.35. The van der Waals surface area contributed by atoms with Crippen LogP contribution in [0.2, 0.25) is 0 Å². The van der Waals surface area contributed by atoms with Crippen molar-refractivity contribution in [2.24, 2.45) is 0 Å². The minimum Gasteiger partial charge on any atom is -0.459 e. The van der Waals surface area contributed by atoms with E-state index in [-0.39, 0.29) is 19.1 Å². The average molecular weight is 353 g/mol. The van der Waals surface area contributed by atoms with Crippen LogP contribution >= 0.6 is 0 Å². The number of amides is 2. The number of hydrogen-bond acceptors (Lipinski definition) is 5. The Morgan fingerprint density at radius 1 is 1.23 bits per heavy atom. The average Bonchev–Trinajstić information content (AvgIpc) is 3.09. The van der Waals surface area contributed by atoms with E-state index in [9.17, 15) is 9.59 Å². The molecular weight excluding hydrogens is 334 g/mol. The molecule has 134 valence electrons. The number of aromatic nitrogens is 1. The molecule has 2 N–H and O–H groups in total. The van der Waals surface area contributed by atoms with Crippen molar-refractivity contribution in [2.45, 2.75) is 13.0 Å². The Morgan fingerprint density at radius 2 is 2.08 bits per heavy atom. The third kappa shape index (κ3) is 4.18. The molecule has 0 spiro atoms. The third-order valence-corrected chi connectivity index (χ3v) is 3.72. The van der Waals surface area contributed by atoms with Gasteiger partial charge in [-0.05, 0) is 25.1 Å². The summed E-state index contributed by atoms with van der Waals surface area (Å²) in [7, 11) is 0. The van der Waals surface area contributed by atoms with E-state index in [4.69, 9.17) is 9.15 Å². The molecule has 1 unspecified atom stereocenters. The minimum atomic E-state index is -0.635. The van der Waals surface area contributed by atoms with Crippen LogP contribution in [0.5, 0.6) is 0 Å². The van der Waals surface area contributed by atoms with Crippen molar-refractivity contribution < 1.29 is 18.7 Å². The number of alkyl carbamates (subject to hydrolysis) is 1. The molecule has 0 saturated heterocycles. The van der Waals surface area contributed by atoms with Crippen LogP contribution in [-0.4, -0.2) is 30.1 Å². The molecule has 2 amide bonds. The molecule has 7 heteroatoms. The fourth-order valence-corrected chi connectivity index (χ4v) is 2.56. The quantitative estimate of drug-likeness (QED) is 0.711. The largest absolute Gasteiger partial charge is 0.459 e. The number of carbonyl (C=O) groups excluding carboxylic acids is 2. The van der Waals surface area contributed by atoms with Crippen LogP contribution in [0.4, 0.5) is 4.79 Å². The molecule has 7 nitrogen and oxygen atoms in total. The van der Waals surface area contributed by atoms with E-state index in [2.05, 4.69) is 15.6 Å². The second-order valence-corrected chi connectivity index (χ2v) is 5.55. The van der Waals surface area contributed by atoms with Gasteiger partial charge in [-0.25, -0.2) is 4.79 Å². The molecule has 2 aromatic heterocycles. The highest BCUT2D eigenvalue weighted by Crippen LogP contribution is 2.27. The van der Waals surface area contributed by atoms with E-state index in [1.54, 1.807) is 25.4 Å². The number of furan rings is 1. The molecule has 1 atom stereocenters. The number of rotatable bonds is 6. The normalized spacial score (nSPS) is 11.7. The van der Waals surface area contributed by atoms with Crippen molar-refractivity contribution in [3.63, 3.8) is 0 Å². The van der Waals surface area contributed by atoms with E-state index in [1.807, 2.05) is 36.4 Å². The van der Waals surface area contributed by atoms with Gasteiger partial charge >= 0.3 is 6.09 Å². The van der Waals surface area contributed by atoms with Gasteiger partial charge in [-0.1, -0.05) is 24.3 Å². The van der Waals surface area contributed by atoms with E-state index in [0.29, 0.717) is 5.76 Å². The SMILES string of the molecule is CCOC(=O)NCC(=O)NC(c1cccnc1)c1cc2ccccc2o1. The Balaban J connectivity index is 1.80. The van der Waals surface area contributed by atoms with Crippen LogP contribution in [0.25, 0.3) is 11.0 Å². The van der Waals surface area contributed by atoms with Crippen LogP contribution in [0.3, 0.4) is 0 Å². The lowest BCUT2D eigenvalue weighted by Gasteiger charge is -2.17. The molecule has 0 fully saturated rings. The molecule has 0 saturated carbocycles. The topological polar surface area (TPSA) is 93.5 Å². The van der Waals surface area contributed by atoms with Gasteiger partial charge in [0, 0.05) is 23.3 Å². The molecule has 3 rings (SSSR count). The first-order valence-electron chi connectivity index (χ1n) is 8.25. The number of hydrogen-bond donors (Lipinski definition) is 2. The predicted octanol–water partition coefficient (Wildman–Crippen LogP) is 2.78. The maximum absolute atomic E-state index is 12.3. The molecule has 1 aromatic carbocycles. The highest BCUT2D eigenvalue weighted by Gasteiger charge is 2.21. The zero-order chi connectivity index (χ0) is 18.4. The van der Waals surface area contributed by atoms with Crippen LogP contribution in [-0.2, 0) is 9.53 Å². The Labute approximate surface area is 150 Å². The van der Waals surface area contributed by atoms with Gasteiger partial charge in [0.1, 0.15) is 23.9 Å². The number of benzene rings is 1. The zero-order valence-corrected chi connectivity index (χ0v) is 14.3. The summed E-state index contributed by atoms with van der Waals surface area (Å²) in [5.41, 5.74) is 1.51. The summed E-state index contributed by atoms with van der Waals surface area (Å²) in [6.07, 6.45) is 2.68. The first-order valence-corrected chi connectivity index (χ1v) is 8.25. The van der Waals surface area contributed by atoms with Crippen molar-refractivity contribution in [1.29, 1.82) is 0 Å². The molecular formula is C19H19N3O4. The van der Waals surface area contributed by atoms with Crippen molar-refractivity contribution in [2.75, 3.05) is 13.2 Å². The van der Waals surface area contributed by atoms with Crippen molar-refractivity contribution >= 4 is 23.0 Å². The van der Waals surface area contributed by atoms with Gasteiger partial charge < -0.3 is 19.8 Å². The minimum absolute atomic E-state index is 0.199. The number of pyridine rings is 1. The van der Waals surface area contributed by atoms with Crippen molar-refractivity contribution in [3.05, 3.63) is 66.2 Å². The molecule has 0 aliphatic carbocycles. The van der Waals surface area contributed by atoms with Gasteiger partial charge in [0.25, 0.3) is 0 Å². The van der Waals surface area contributed by atoms with Gasteiger partial charge in [0.2, 0.25) is 5.91 Å². The van der Waals surface area contributed by atoms with E-state index in [1.165, 1.54) is 0 Å². The summed E-state index contributed by atoms with van der Waals surface area (Å²) in [6, 6.07) is 12.6. The zero-order valence-electron chi connectivity index (χ0n) is 14.3. The number of nitrogens with zero attached hydrogens (tertiary/aromatic N) is 1. The molecule has 26 heavy (non-hydrogen) atoms. The summed E-state index contributed by atoms with van der Waals surface area (Å²) in [5.74, 6) is 0.219. The molecule has 0 aliphatic rings. The lowest BCUT2D eigenvalue weighted by Crippen LogP contribution is -2.39. The number of para-hydroxylation sites is 1. The smallest absolute Gasteiger partial charge is 0.407 e. The monoisotopic (exact) mass is 353 g/mol. The van der Waals surface area contributed by atoms with Crippen molar-refractivity contribution in [3.8, 4) is 0 Å². The number of ether oxygens (including phenoxy) is 1. The maximum Gasteiger partial charge on any atom is 0.407 e. The highest BCUT2D eigenvalue weighted by molar-refractivity contribution is 5.83. The second-order valence-electron chi connectivity index (χ2n) is 5.55. The van der Waals surface area contributed by atoms with E-state index < -0.39 is 12.1 Å². The molecule has 0 radical (unpaired) electrons. The lowest BCUT2D eigenvalue weighted by atomic mass is 10.1. The predicted molar refractivity (Wildman–Crippen MR) is 95.5 cm³/mol. The van der Waals surface area contributed by atoms with Gasteiger partial charge in [0.05, 0.1) is 6.61 Å².